The van der Waals surface area contributed by atoms with Gasteiger partial charge in [-0.05, 0) is 34.4 Å². The molecular weight excluding hydrogens is 414 g/mol. The van der Waals surface area contributed by atoms with Crippen molar-refractivity contribution >= 4 is 23.1 Å². The Balaban J connectivity index is 1.64. The maximum atomic E-state index is 13.4. The zero-order valence-corrected chi connectivity index (χ0v) is 16.4. The topological polar surface area (TPSA) is 50.7 Å². The molecule has 2 N–H and O–H groups in total. The number of nitrogens with zero attached hydrogens (tertiary/aromatic N) is 2. The Morgan fingerprint density at radius 1 is 0.933 bits per heavy atom. The molecule has 3 rings (SSSR count). The maximum absolute atomic E-state index is 13.4. The predicted molar refractivity (Wildman–Crippen MR) is 114 cm³/mol. The zero-order chi connectivity index (χ0) is 21.6. The van der Waals surface area contributed by atoms with Gasteiger partial charge in [0.25, 0.3) is 0 Å². The van der Waals surface area contributed by atoms with Crippen molar-refractivity contribution in [3.05, 3.63) is 95.3 Å². The molecule has 0 bridgehead atoms. The molecule has 154 valence electrons. The van der Waals surface area contributed by atoms with E-state index in [-0.39, 0.29) is 5.56 Å². The Bertz CT molecular complexity index is 1050. The third-order valence-electron chi connectivity index (χ3n) is 4.11. The second kappa shape index (κ2) is 9.58. The van der Waals surface area contributed by atoms with Gasteiger partial charge in [0.2, 0.25) is 0 Å². The Morgan fingerprint density at radius 2 is 1.60 bits per heavy atom. The maximum Gasteiger partial charge on any atom is 0.419 e. The first-order chi connectivity index (χ1) is 14.3. The summed E-state index contributed by atoms with van der Waals surface area (Å²) in [5.74, 6) is -0.617. The lowest BCUT2D eigenvalue weighted by Gasteiger charge is -2.10. The molecule has 0 aliphatic carbocycles. The predicted octanol–water partition coefficient (Wildman–Crippen LogP) is 6.09. The molecule has 0 heterocycles. The van der Waals surface area contributed by atoms with Crippen LogP contribution in [-0.2, 0) is 11.9 Å². The standard InChI is InChI=1S/C22H17F4N3S/c23-20-11-10-18(12-19(20)22(24,25)26)17-8-6-15(7-9-17)13-28-29-21(27)30-14-16-4-2-1-3-5-16/h1-13H,14H2,(H2,27,29). The van der Waals surface area contributed by atoms with E-state index in [0.29, 0.717) is 22.0 Å². The van der Waals surface area contributed by atoms with Gasteiger partial charge >= 0.3 is 6.18 Å². The first-order valence-corrected chi connectivity index (χ1v) is 9.82. The fourth-order valence-corrected chi connectivity index (χ4v) is 3.21. The minimum atomic E-state index is -4.75. The number of alkyl halides is 3. The van der Waals surface area contributed by atoms with E-state index in [0.717, 1.165) is 17.7 Å². The van der Waals surface area contributed by atoms with E-state index < -0.39 is 17.6 Å². The monoisotopic (exact) mass is 431 g/mol. The molecule has 8 heteroatoms. The highest BCUT2D eigenvalue weighted by molar-refractivity contribution is 8.13. The van der Waals surface area contributed by atoms with Crippen molar-refractivity contribution in [2.45, 2.75) is 11.9 Å². The van der Waals surface area contributed by atoms with Crippen LogP contribution in [0.25, 0.3) is 11.1 Å². The first-order valence-electron chi connectivity index (χ1n) is 8.83. The minimum Gasteiger partial charge on any atom is -0.377 e. The molecule has 0 fully saturated rings. The first kappa shape index (κ1) is 21.6. The zero-order valence-electron chi connectivity index (χ0n) is 15.6. The smallest absolute Gasteiger partial charge is 0.377 e. The molecule has 0 saturated heterocycles. The van der Waals surface area contributed by atoms with Crippen molar-refractivity contribution in [1.29, 1.82) is 0 Å². The molecular formula is C22H17F4N3S. The van der Waals surface area contributed by atoms with Crippen molar-refractivity contribution in [1.82, 2.24) is 0 Å². The molecule has 3 aromatic rings. The van der Waals surface area contributed by atoms with Crippen molar-refractivity contribution in [3.63, 3.8) is 0 Å². The van der Waals surface area contributed by atoms with Crippen molar-refractivity contribution in [2.75, 3.05) is 0 Å². The average Bonchev–Trinajstić information content (AvgIpc) is 2.73. The van der Waals surface area contributed by atoms with E-state index in [1.807, 2.05) is 30.3 Å². The van der Waals surface area contributed by atoms with E-state index in [1.165, 1.54) is 24.0 Å². The summed E-state index contributed by atoms with van der Waals surface area (Å²) in [7, 11) is 0. The number of benzene rings is 3. The molecule has 0 unspecified atom stereocenters. The highest BCUT2D eigenvalue weighted by atomic mass is 32.2. The number of thioether (sulfide) groups is 1. The molecule has 0 saturated carbocycles. The molecule has 0 spiro atoms. The lowest BCUT2D eigenvalue weighted by atomic mass is 10.0. The quantitative estimate of drug-likeness (QED) is 0.230. The van der Waals surface area contributed by atoms with Crippen LogP contribution in [0.5, 0.6) is 0 Å². The number of hydrogen-bond donors (Lipinski definition) is 1. The summed E-state index contributed by atoms with van der Waals surface area (Å²) in [4.78, 5) is 0. The van der Waals surface area contributed by atoms with E-state index >= 15 is 0 Å². The molecule has 3 aromatic carbocycles. The summed E-state index contributed by atoms with van der Waals surface area (Å²) in [5, 5.41) is 8.17. The lowest BCUT2D eigenvalue weighted by Crippen LogP contribution is -2.08. The van der Waals surface area contributed by atoms with Crippen LogP contribution >= 0.6 is 11.8 Å². The van der Waals surface area contributed by atoms with Gasteiger partial charge in [0.15, 0.2) is 5.17 Å². The van der Waals surface area contributed by atoms with E-state index in [4.69, 9.17) is 5.73 Å². The molecule has 0 atom stereocenters. The van der Waals surface area contributed by atoms with Gasteiger partial charge in [-0.1, -0.05) is 72.4 Å². The van der Waals surface area contributed by atoms with E-state index in [2.05, 4.69) is 10.2 Å². The van der Waals surface area contributed by atoms with Crippen LogP contribution in [0.2, 0.25) is 0 Å². The van der Waals surface area contributed by atoms with Gasteiger partial charge in [0, 0.05) is 5.75 Å². The Morgan fingerprint density at radius 3 is 2.27 bits per heavy atom. The van der Waals surface area contributed by atoms with Gasteiger partial charge in [-0.15, -0.1) is 5.10 Å². The summed E-state index contributed by atoms with van der Waals surface area (Å²) in [6, 6.07) is 19.4. The van der Waals surface area contributed by atoms with Crippen LogP contribution in [0.4, 0.5) is 17.6 Å². The van der Waals surface area contributed by atoms with Crippen LogP contribution in [0, 0.1) is 5.82 Å². The third kappa shape index (κ3) is 5.93. The average molecular weight is 431 g/mol. The van der Waals surface area contributed by atoms with Crippen LogP contribution in [0.15, 0.2) is 83.0 Å². The van der Waals surface area contributed by atoms with Gasteiger partial charge in [-0.3, -0.25) is 0 Å². The van der Waals surface area contributed by atoms with E-state index in [1.54, 1.807) is 24.3 Å². The summed E-state index contributed by atoms with van der Waals surface area (Å²) in [6.07, 6.45) is -3.26. The van der Waals surface area contributed by atoms with Crippen LogP contribution in [0.1, 0.15) is 16.7 Å². The molecule has 0 aliphatic heterocycles. The van der Waals surface area contributed by atoms with Crippen molar-refractivity contribution < 1.29 is 17.6 Å². The summed E-state index contributed by atoms with van der Waals surface area (Å²) in [6.45, 7) is 0. The number of rotatable bonds is 5. The lowest BCUT2D eigenvalue weighted by molar-refractivity contribution is -0.139. The van der Waals surface area contributed by atoms with Gasteiger partial charge in [-0.2, -0.15) is 18.3 Å². The van der Waals surface area contributed by atoms with Gasteiger partial charge < -0.3 is 5.73 Å². The molecule has 0 amide bonds. The summed E-state index contributed by atoms with van der Waals surface area (Å²) in [5.41, 5.74) is 7.15. The molecule has 3 nitrogen and oxygen atoms in total. The fraction of sp³-hybridized carbons (Fsp3) is 0.0909. The molecule has 0 aliphatic rings. The fourth-order valence-electron chi connectivity index (χ4n) is 2.60. The van der Waals surface area contributed by atoms with Gasteiger partial charge in [-0.25, -0.2) is 4.39 Å². The number of hydrogen-bond acceptors (Lipinski definition) is 3. The highest BCUT2D eigenvalue weighted by Crippen LogP contribution is 2.34. The number of halogens is 4. The largest absolute Gasteiger partial charge is 0.419 e. The second-order valence-corrected chi connectivity index (χ2v) is 7.27. The Kier molecular flexibility index (Phi) is 6.89. The Hall–Kier alpha value is -3.13. The van der Waals surface area contributed by atoms with Crippen molar-refractivity contribution in [3.8, 4) is 11.1 Å². The SMILES string of the molecule is NC(=NN=Cc1ccc(-c2ccc(F)c(C(F)(F)F)c2)cc1)SCc1ccccc1. The van der Waals surface area contributed by atoms with Crippen LogP contribution < -0.4 is 5.73 Å². The minimum absolute atomic E-state index is 0.270. The number of nitrogens with two attached hydrogens (primary N) is 1. The van der Waals surface area contributed by atoms with Crippen LogP contribution in [0.3, 0.4) is 0 Å². The van der Waals surface area contributed by atoms with E-state index in [9.17, 15) is 17.6 Å². The summed E-state index contributed by atoms with van der Waals surface area (Å²) >= 11 is 1.36. The highest BCUT2D eigenvalue weighted by Gasteiger charge is 2.34. The molecule has 0 radical (unpaired) electrons. The van der Waals surface area contributed by atoms with Gasteiger partial charge in [0.1, 0.15) is 5.82 Å². The van der Waals surface area contributed by atoms with Gasteiger partial charge in [0.05, 0.1) is 11.8 Å². The van der Waals surface area contributed by atoms with Crippen LogP contribution in [-0.4, -0.2) is 11.4 Å². The third-order valence-corrected chi connectivity index (χ3v) is 4.96. The molecule has 0 aromatic heterocycles. The molecule has 30 heavy (non-hydrogen) atoms. The Labute approximate surface area is 175 Å². The summed E-state index contributed by atoms with van der Waals surface area (Å²) < 4.78 is 52.1. The number of amidine groups is 1. The van der Waals surface area contributed by atoms with Crippen molar-refractivity contribution in [2.24, 2.45) is 15.9 Å². The second-order valence-electron chi connectivity index (χ2n) is 6.27. The normalized spacial score (nSPS) is 12.5.